The monoisotopic (exact) mass is 418 g/mol. The number of aromatic carboxylic acids is 1. The number of aromatic nitrogens is 1. The summed E-state index contributed by atoms with van der Waals surface area (Å²) in [4.78, 5) is 26.5. The largest absolute Gasteiger partial charge is 0.476 e. The Morgan fingerprint density at radius 3 is 2.55 bits per heavy atom. The van der Waals surface area contributed by atoms with Crippen molar-refractivity contribution in [1.82, 2.24) is 4.98 Å². The summed E-state index contributed by atoms with van der Waals surface area (Å²) in [6, 6.07) is 5.49. The van der Waals surface area contributed by atoms with Gasteiger partial charge in [0.1, 0.15) is 4.88 Å². The summed E-state index contributed by atoms with van der Waals surface area (Å²) in [5, 5.41) is 12.4. The summed E-state index contributed by atoms with van der Waals surface area (Å²) >= 11 is 7.75. The van der Waals surface area contributed by atoms with Gasteiger partial charge in [-0.1, -0.05) is 27.3 Å². The Bertz CT molecular complexity index is 669. The minimum absolute atomic E-state index is 0.133. The van der Waals surface area contributed by atoms with Crippen LogP contribution in [0.4, 0.5) is 10.8 Å². The highest BCUT2D eigenvalue weighted by Crippen LogP contribution is 2.31. The van der Waals surface area contributed by atoms with Gasteiger partial charge in [0.05, 0.1) is 5.69 Å². The third-order valence-corrected chi connectivity index (χ3v) is 4.54. The molecule has 2 aromatic rings. The van der Waals surface area contributed by atoms with Gasteiger partial charge in [-0.25, -0.2) is 9.78 Å². The standard InChI is InChI=1S/C12H8Br2N2O3S/c1-5(17)10-9(11(18)19)16-12(20-10)15-8-3-2-6(13)4-7(8)14/h2-4H,1H3,(H,15,16)(H,18,19). The lowest BCUT2D eigenvalue weighted by Gasteiger charge is -2.05. The lowest BCUT2D eigenvalue weighted by atomic mass is 10.3. The van der Waals surface area contributed by atoms with E-state index >= 15 is 0 Å². The summed E-state index contributed by atoms with van der Waals surface area (Å²) in [6.45, 7) is 1.32. The van der Waals surface area contributed by atoms with Crippen molar-refractivity contribution in [3.05, 3.63) is 37.7 Å². The van der Waals surface area contributed by atoms with Gasteiger partial charge in [-0.2, -0.15) is 0 Å². The number of hydrogen-bond donors (Lipinski definition) is 2. The molecule has 0 bridgehead atoms. The van der Waals surface area contributed by atoms with Crippen molar-refractivity contribution in [3.63, 3.8) is 0 Å². The quantitative estimate of drug-likeness (QED) is 0.721. The number of carbonyl (C=O) groups excluding carboxylic acids is 1. The molecule has 104 valence electrons. The van der Waals surface area contributed by atoms with Crippen LogP contribution in [0.15, 0.2) is 27.1 Å². The molecule has 1 aromatic heterocycles. The fraction of sp³-hybridized carbons (Fsp3) is 0.0833. The maximum atomic E-state index is 11.4. The predicted octanol–water partition coefficient (Wildman–Crippen LogP) is 4.31. The van der Waals surface area contributed by atoms with E-state index in [0.29, 0.717) is 5.13 Å². The number of nitrogens with one attached hydrogen (secondary N) is 1. The second-order valence-electron chi connectivity index (χ2n) is 3.81. The number of halogens is 2. The maximum Gasteiger partial charge on any atom is 0.356 e. The van der Waals surface area contributed by atoms with Gasteiger partial charge < -0.3 is 10.4 Å². The van der Waals surface area contributed by atoms with Gasteiger partial charge in [0, 0.05) is 15.9 Å². The van der Waals surface area contributed by atoms with E-state index in [1.54, 1.807) is 0 Å². The Labute approximate surface area is 135 Å². The van der Waals surface area contributed by atoms with E-state index in [2.05, 4.69) is 42.2 Å². The number of Topliss-reactive ketones (excluding diaryl/α,β-unsaturated/α-hetero) is 1. The number of carboxylic acid groups (broad SMARTS) is 1. The molecule has 0 amide bonds. The first-order valence-corrected chi connectivity index (χ1v) is 7.76. The van der Waals surface area contributed by atoms with Crippen LogP contribution >= 0.6 is 43.2 Å². The molecule has 0 aliphatic heterocycles. The Morgan fingerprint density at radius 1 is 1.35 bits per heavy atom. The van der Waals surface area contributed by atoms with Gasteiger partial charge in [0.15, 0.2) is 16.6 Å². The number of benzene rings is 1. The smallest absolute Gasteiger partial charge is 0.356 e. The molecule has 1 heterocycles. The van der Waals surface area contributed by atoms with Crippen LogP contribution in [0.3, 0.4) is 0 Å². The molecule has 20 heavy (non-hydrogen) atoms. The molecular weight excluding hydrogens is 412 g/mol. The minimum atomic E-state index is -1.21. The summed E-state index contributed by atoms with van der Waals surface area (Å²) in [6.07, 6.45) is 0. The van der Waals surface area contributed by atoms with E-state index in [-0.39, 0.29) is 16.4 Å². The highest BCUT2D eigenvalue weighted by Gasteiger charge is 2.20. The zero-order valence-corrected chi connectivity index (χ0v) is 14.1. The van der Waals surface area contributed by atoms with Crippen LogP contribution < -0.4 is 5.32 Å². The van der Waals surface area contributed by atoms with Gasteiger partial charge in [-0.3, -0.25) is 4.79 Å². The summed E-state index contributed by atoms with van der Waals surface area (Å²) < 4.78 is 1.70. The van der Waals surface area contributed by atoms with Crippen molar-refractivity contribution >= 4 is 65.8 Å². The average Bonchev–Trinajstić information content (AvgIpc) is 2.77. The molecule has 2 rings (SSSR count). The van der Waals surface area contributed by atoms with E-state index in [1.165, 1.54) is 6.92 Å². The average molecular weight is 420 g/mol. The number of nitrogens with zero attached hydrogens (tertiary/aromatic N) is 1. The van der Waals surface area contributed by atoms with Gasteiger partial charge in [0.25, 0.3) is 0 Å². The lowest BCUT2D eigenvalue weighted by molar-refractivity contribution is 0.0687. The van der Waals surface area contributed by atoms with E-state index in [0.717, 1.165) is 26.0 Å². The molecular formula is C12H8Br2N2O3S. The van der Waals surface area contributed by atoms with Crippen molar-refractivity contribution in [2.45, 2.75) is 6.92 Å². The number of rotatable bonds is 4. The Balaban J connectivity index is 2.37. The molecule has 0 fully saturated rings. The van der Waals surface area contributed by atoms with Crippen LogP contribution in [-0.2, 0) is 0 Å². The van der Waals surface area contributed by atoms with E-state index in [1.807, 2.05) is 18.2 Å². The van der Waals surface area contributed by atoms with Crippen LogP contribution in [-0.4, -0.2) is 21.8 Å². The van der Waals surface area contributed by atoms with Crippen molar-refractivity contribution in [1.29, 1.82) is 0 Å². The number of thiazole rings is 1. The van der Waals surface area contributed by atoms with Crippen LogP contribution in [0.1, 0.15) is 27.1 Å². The molecule has 1 aromatic carbocycles. The van der Waals surface area contributed by atoms with Crippen molar-refractivity contribution in [2.75, 3.05) is 5.32 Å². The first-order valence-electron chi connectivity index (χ1n) is 5.35. The highest BCUT2D eigenvalue weighted by molar-refractivity contribution is 9.11. The zero-order chi connectivity index (χ0) is 14.9. The van der Waals surface area contributed by atoms with Crippen LogP contribution in [0.5, 0.6) is 0 Å². The van der Waals surface area contributed by atoms with E-state index in [9.17, 15) is 9.59 Å². The molecule has 0 aliphatic rings. The van der Waals surface area contributed by atoms with E-state index in [4.69, 9.17) is 5.11 Å². The minimum Gasteiger partial charge on any atom is -0.476 e. The van der Waals surface area contributed by atoms with Crippen LogP contribution in [0, 0.1) is 0 Å². The molecule has 0 spiro atoms. The van der Waals surface area contributed by atoms with Crippen molar-refractivity contribution in [2.24, 2.45) is 0 Å². The molecule has 0 aliphatic carbocycles. The maximum absolute atomic E-state index is 11.4. The first kappa shape index (κ1) is 15.1. The molecule has 0 saturated carbocycles. The number of carboxylic acids is 1. The van der Waals surface area contributed by atoms with Gasteiger partial charge in [-0.05, 0) is 34.1 Å². The molecule has 0 saturated heterocycles. The number of ketones is 1. The highest BCUT2D eigenvalue weighted by atomic mass is 79.9. The summed E-state index contributed by atoms with van der Waals surface area (Å²) in [7, 11) is 0. The number of anilines is 2. The third kappa shape index (κ3) is 3.25. The first-order chi connectivity index (χ1) is 9.38. The van der Waals surface area contributed by atoms with Gasteiger partial charge in [0.2, 0.25) is 0 Å². The fourth-order valence-electron chi connectivity index (χ4n) is 1.46. The van der Waals surface area contributed by atoms with Crippen LogP contribution in [0.25, 0.3) is 0 Å². The Kier molecular flexibility index (Phi) is 4.56. The molecule has 0 radical (unpaired) electrons. The molecule has 8 heteroatoms. The van der Waals surface area contributed by atoms with Crippen molar-refractivity contribution in [3.8, 4) is 0 Å². The van der Waals surface area contributed by atoms with Gasteiger partial charge >= 0.3 is 5.97 Å². The Hall–Kier alpha value is -1.25. The summed E-state index contributed by atoms with van der Waals surface area (Å²) in [5.41, 5.74) is 0.507. The second-order valence-corrected chi connectivity index (χ2v) is 6.58. The van der Waals surface area contributed by atoms with Gasteiger partial charge in [-0.15, -0.1) is 0 Å². The predicted molar refractivity (Wildman–Crippen MR) is 84.2 cm³/mol. The Morgan fingerprint density at radius 2 is 2.05 bits per heavy atom. The zero-order valence-electron chi connectivity index (χ0n) is 10.1. The molecule has 0 unspecified atom stereocenters. The van der Waals surface area contributed by atoms with E-state index < -0.39 is 5.97 Å². The lowest BCUT2D eigenvalue weighted by Crippen LogP contribution is -2.03. The van der Waals surface area contributed by atoms with Crippen molar-refractivity contribution < 1.29 is 14.7 Å². The third-order valence-electron chi connectivity index (χ3n) is 2.32. The number of hydrogen-bond acceptors (Lipinski definition) is 5. The topological polar surface area (TPSA) is 79.3 Å². The van der Waals surface area contributed by atoms with Crippen LogP contribution in [0.2, 0.25) is 0 Å². The molecule has 0 atom stereocenters. The SMILES string of the molecule is CC(=O)c1sc(Nc2ccc(Br)cc2Br)nc1C(=O)O. The fourth-order valence-corrected chi connectivity index (χ4v) is 3.47. The molecule has 5 nitrogen and oxygen atoms in total. The second kappa shape index (κ2) is 6.02. The number of carbonyl (C=O) groups is 2. The summed E-state index contributed by atoms with van der Waals surface area (Å²) in [5.74, 6) is -1.53. The molecule has 2 N–H and O–H groups in total. The normalized spacial score (nSPS) is 10.3.